The van der Waals surface area contributed by atoms with Crippen LogP contribution in [0.25, 0.3) is 11.4 Å². The lowest BCUT2D eigenvalue weighted by atomic mass is 10.1. The zero-order valence-corrected chi connectivity index (χ0v) is 15.2. The van der Waals surface area contributed by atoms with Crippen LogP contribution in [0.4, 0.5) is 0 Å². The maximum atomic E-state index is 12.8. The Bertz CT molecular complexity index is 893. The fraction of sp³-hybridized carbons (Fsp3) is 0.211. The standard InChI is InChI=1S/C19H18ClN3O3/c1-3-23(19(24)15-6-4-5-7-16(15)25-2)12-17-21-18(22-26-17)13-8-10-14(20)11-9-13/h4-11H,3,12H2,1-2H3. The van der Waals surface area contributed by atoms with Gasteiger partial charge in [0.1, 0.15) is 12.3 Å². The quantitative estimate of drug-likeness (QED) is 0.653. The highest BCUT2D eigenvalue weighted by molar-refractivity contribution is 6.30. The first-order valence-electron chi connectivity index (χ1n) is 8.13. The average Bonchev–Trinajstić information content (AvgIpc) is 3.14. The van der Waals surface area contributed by atoms with E-state index in [1.54, 1.807) is 42.3 Å². The number of aromatic nitrogens is 2. The van der Waals surface area contributed by atoms with Gasteiger partial charge in [-0.05, 0) is 43.3 Å². The minimum atomic E-state index is -0.156. The van der Waals surface area contributed by atoms with Crippen LogP contribution in [0.3, 0.4) is 0 Å². The van der Waals surface area contributed by atoms with E-state index < -0.39 is 0 Å². The second-order valence-corrected chi connectivity index (χ2v) is 5.97. The summed E-state index contributed by atoms with van der Waals surface area (Å²) >= 11 is 5.89. The molecule has 0 radical (unpaired) electrons. The Labute approximate surface area is 156 Å². The number of para-hydroxylation sites is 1. The molecule has 134 valence electrons. The van der Waals surface area contributed by atoms with Crippen LogP contribution in [0.1, 0.15) is 23.2 Å². The van der Waals surface area contributed by atoms with Crippen molar-refractivity contribution in [2.24, 2.45) is 0 Å². The van der Waals surface area contributed by atoms with Gasteiger partial charge in [-0.15, -0.1) is 0 Å². The Morgan fingerprint density at radius 3 is 2.62 bits per heavy atom. The second-order valence-electron chi connectivity index (χ2n) is 5.54. The van der Waals surface area contributed by atoms with Gasteiger partial charge in [-0.2, -0.15) is 4.98 Å². The highest BCUT2D eigenvalue weighted by Gasteiger charge is 2.21. The molecule has 3 aromatic rings. The van der Waals surface area contributed by atoms with Gasteiger partial charge in [-0.1, -0.05) is 28.9 Å². The number of rotatable bonds is 6. The van der Waals surface area contributed by atoms with Crippen LogP contribution >= 0.6 is 11.6 Å². The maximum absolute atomic E-state index is 12.8. The molecule has 0 atom stereocenters. The van der Waals surface area contributed by atoms with Crippen LogP contribution in [0.15, 0.2) is 53.1 Å². The lowest BCUT2D eigenvalue weighted by Gasteiger charge is -2.20. The van der Waals surface area contributed by atoms with Crippen LogP contribution in [-0.2, 0) is 6.54 Å². The number of carbonyl (C=O) groups is 1. The molecule has 0 spiro atoms. The molecule has 7 heteroatoms. The Morgan fingerprint density at radius 2 is 1.92 bits per heavy atom. The summed E-state index contributed by atoms with van der Waals surface area (Å²) in [6.45, 7) is 2.60. The molecule has 1 amide bonds. The summed E-state index contributed by atoms with van der Waals surface area (Å²) in [5, 5.41) is 4.61. The maximum Gasteiger partial charge on any atom is 0.258 e. The molecule has 2 aromatic carbocycles. The molecule has 0 saturated heterocycles. The summed E-state index contributed by atoms with van der Waals surface area (Å²) in [6, 6.07) is 14.3. The number of methoxy groups -OCH3 is 1. The average molecular weight is 372 g/mol. The third-order valence-electron chi connectivity index (χ3n) is 3.90. The van der Waals surface area contributed by atoms with Crippen molar-refractivity contribution in [1.82, 2.24) is 15.0 Å². The molecule has 1 heterocycles. The Balaban J connectivity index is 1.78. The summed E-state index contributed by atoms with van der Waals surface area (Å²) in [4.78, 5) is 18.8. The Kier molecular flexibility index (Phi) is 5.53. The molecule has 0 N–H and O–H groups in total. The second kappa shape index (κ2) is 8.01. The topological polar surface area (TPSA) is 68.5 Å². The number of hydrogen-bond donors (Lipinski definition) is 0. The first-order valence-corrected chi connectivity index (χ1v) is 8.51. The fourth-order valence-corrected chi connectivity index (χ4v) is 2.64. The normalized spacial score (nSPS) is 10.6. The van der Waals surface area contributed by atoms with E-state index in [0.717, 1.165) is 5.56 Å². The fourth-order valence-electron chi connectivity index (χ4n) is 2.52. The van der Waals surface area contributed by atoms with E-state index in [9.17, 15) is 4.79 Å². The summed E-state index contributed by atoms with van der Waals surface area (Å²) in [5.74, 6) is 1.19. The van der Waals surface area contributed by atoms with E-state index in [-0.39, 0.29) is 12.5 Å². The molecule has 0 aliphatic rings. The summed E-state index contributed by atoms with van der Waals surface area (Å²) in [5.41, 5.74) is 1.29. The van der Waals surface area contributed by atoms with Crippen molar-refractivity contribution < 1.29 is 14.1 Å². The Hall–Kier alpha value is -2.86. The van der Waals surface area contributed by atoms with Crippen LogP contribution in [0, 0.1) is 0 Å². The number of halogens is 1. The molecule has 0 saturated carbocycles. The minimum absolute atomic E-state index is 0.156. The van der Waals surface area contributed by atoms with Crippen molar-refractivity contribution in [1.29, 1.82) is 0 Å². The van der Waals surface area contributed by atoms with Gasteiger partial charge < -0.3 is 14.2 Å². The third kappa shape index (κ3) is 3.86. The predicted molar refractivity (Wildman–Crippen MR) is 98.2 cm³/mol. The van der Waals surface area contributed by atoms with Gasteiger partial charge in [-0.25, -0.2) is 0 Å². The van der Waals surface area contributed by atoms with Gasteiger partial charge in [0.05, 0.1) is 12.7 Å². The highest BCUT2D eigenvalue weighted by Crippen LogP contribution is 2.22. The number of ether oxygens (including phenoxy) is 1. The van der Waals surface area contributed by atoms with E-state index in [1.807, 2.05) is 25.1 Å². The zero-order chi connectivity index (χ0) is 18.5. The molecule has 0 bridgehead atoms. The summed E-state index contributed by atoms with van der Waals surface area (Å²) < 4.78 is 10.6. The van der Waals surface area contributed by atoms with Crippen LogP contribution in [0.2, 0.25) is 5.02 Å². The van der Waals surface area contributed by atoms with Gasteiger partial charge in [0, 0.05) is 17.1 Å². The number of nitrogens with zero attached hydrogens (tertiary/aromatic N) is 3. The van der Waals surface area contributed by atoms with Gasteiger partial charge in [0.15, 0.2) is 0 Å². The van der Waals surface area contributed by atoms with Crippen LogP contribution in [0.5, 0.6) is 5.75 Å². The molecule has 0 aliphatic carbocycles. The van der Waals surface area contributed by atoms with Gasteiger partial charge in [0.25, 0.3) is 5.91 Å². The number of amides is 1. The molecular formula is C19H18ClN3O3. The highest BCUT2D eigenvalue weighted by atomic mass is 35.5. The van der Waals surface area contributed by atoms with Gasteiger partial charge in [0.2, 0.25) is 11.7 Å². The monoisotopic (exact) mass is 371 g/mol. The summed E-state index contributed by atoms with van der Waals surface area (Å²) in [6.07, 6.45) is 0. The van der Waals surface area contributed by atoms with Crippen LogP contribution in [-0.4, -0.2) is 34.6 Å². The molecule has 6 nitrogen and oxygen atoms in total. The molecule has 0 aliphatic heterocycles. The SMILES string of the molecule is CCN(Cc1nc(-c2ccc(Cl)cc2)no1)C(=O)c1ccccc1OC. The van der Waals surface area contributed by atoms with Crippen molar-refractivity contribution in [2.75, 3.05) is 13.7 Å². The van der Waals surface area contributed by atoms with Crippen molar-refractivity contribution in [2.45, 2.75) is 13.5 Å². The smallest absolute Gasteiger partial charge is 0.258 e. The molecule has 3 rings (SSSR count). The van der Waals surface area contributed by atoms with Gasteiger partial charge >= 0.3 is 0 Å². The molecule has 1 aromatic heterocycles. The summed E-state index contributed by atoms with van der Waals surface area (Å²) in [7, 11) is 1.54. The molecule has 0 unspecified atom stereocenters. The van der Waals surface area contributed by atoms with E-state index in [0.29, 0.717) is 34.6 Å². The zero-order valence-electron chi connectivity index (χ0n) is 14.5. The molecule has 26 heavy (non-hydrogen) atoms. The van der Waals surface area contributed by atoms with Crippen LogP contribution < -0.4 is 4.74 Å². The number of carbonyl (C=O) groups excluding carboxylic acids is 1. The van der Waals surface area contributed by atoms with Crippen molar-refractivity contribution in [3.05, 3.63) is 65.0 Å². The van der Waals surface area contributed by atoms with E-state index in [4.69, 9.17) is 20.9 Å². The van der Waals surface area contributed by atoms with E-state index in [2.05, 4.69) is 10.1 Å². The minimum Gasteiger partial charge on any atom is -0.496 e. The lowest BCUT2D eigenvalue weighted by Crippen LogP contribution is -2.30. The van der Waals surface area contributed by atoms with Crippen molar-refractivity contribution >= 4 is 17.5 Å². The van der Waals surface area contributed by atoms with Crippen molar-refractivity contribution in [3.8, 4) is 17.1 Å². The van der Waals surface area contributed by atoms with Gasteiger partial charge in [-0.3, -0.25) is 4.79 Å². The number of hydrogen-bond acceptors (Lipinski definition) is 5. The molecule has 0 fully saturated rings. The largest absolute Gasteiger partial charge is 0.496 e. The third-order valence-corrected chi connectivity index (χ3v) is 4.15. The number of benzene rings is 2. The predicted octanol–water partition coefficient (Wildman–Crippen LogP) is 4.06. The molecular weight excluding hydrogens is 354 g/mol. The Morgan fingerprint density at radius 1 is 1.19 bits per heavy atom. The van der Waals surface area contributed by atoms with Crippen molar-refractivity contribution in [3.63, 3.8) is 0 Å². The van der Waals surface area contributed by atoms with E-state index in [1.165, 1.54) is 0 Å². The van der Waals surface area contributed by atoms with E-state index >= 15 is 0 Å². The lowest BCUT2D eigenvalue weighted by molar-refractivity contribution is 0.0731. The first-order chi connectivity index (χ1) is 12.6. The first kappa shape index (κ1) is 17.9.